The van der Waals surface area contributed by atoms with E-state index in [-0.39, 0.29) is 29.8 Å². The Labute approximate surface area is 142 Å². The molecular formula is C19H24N2O3. The Morgan fingerprint density at radius 1 is 1.17 bits per heavy atom. The van der Waals surface area contributed by atoms with Gasteiger partial charge in [-0.05, 0) is 24.3 Å². The minimum Gasteiger partial charge on any atom is -0.375 e. The number of rotatable bonds is 5. The summed E-state index contributed by atoms with van der Waals surface area (Å²) in [6, 6.07) is 9.79. The Kier molecular flexibility index (Phi) is 4.27. The molecule has 5 nitrogen and oxygen atoms in total. The van der Waals surface area contributed by atoms with E-state index in [0.717, 1.165) is 12.1 Å². The molecule has 0 spiro atoms. The van der Waals surface area contributed by atoms with Crippen molar-refractivity contribution in [3.8, 4) is 0 Å². The largest absolute Gasteiger partial charge is 0.375 e. The van der Waals surface area contributed by atoms with E-state index in [0.29, 0.717) is 32.0 Å². The highest BCUT2D eigenvalue weighted by molar-refractivity contribution is 5.81. The van der Waals surface area contributed by atoms with Crippen LogP contribution in [-0.2, 0) is 20.7 Å². The van der Waals surface area contributed by atoms with E-state index in [2.05, 4.69) is 5.32 Å². The van der Waals surface area contributed by atoms with Gasteiger partial charge in [0.1, 0.15) is 0 Å². The van der Waals surface area contributed by atoms with E-state index in [1.54, 1.807) is 0 Å². The van der Waals surface area contributed by atoms with Crippen molar-refractivity contribution in [2.24, 2.45) is 17.8 Å². The number of hydrogen-bond donors (Lipinski definition) is 1. The molecular weight excluding hydrogens is 304 g/mol. The number of hydrogen-bond acceptors (Lipinski definition) is 3. The van der Waals surface area contributed by atoms with Crippen LogP contribution in [0.25, 0.3) is 0 Å². The van der Waals surface area contributed by atoms with E-state index in [1.165, 1.54) is 12.8 Å². The molecule has 3 unspecified atom stereocenters. The smallest absolute Gasteiger partial charge is 0.227 e. The Morgan fingerprint density at radius 2 is 1.96 bits per heavy atom. The maximum atomic E-state index is 12.5. The van der Waals surface area contributed by atoms with Crippen LogP contribution < -0.4 is 5.32 Å². The molecule has 3 atom stereocenters. The predicted octanol–water partition coefficient (Wildman–Crippen LogP) is 1.23. The molecule has 128 valence electrons. The van der Waals surface area contributed by atoms with E-state index in [1.807, 2.05) is 35.2 Å². The average Bonchev–Trinajstić information content (AvgIpc) is 3.18. The second kappa shape index (κ2) is 6.55. The van der Waals surface area contributed by atoms with Crippen LogP contribution in [-0.4, -0.2) is 49.1 Å². The SMILES string of the molecule is O=C(NCC1CC1)C1COC2CN(C(=O)Cc3ccccc3)CC21. The third-order valence-corrected chi connectivity index (χ3v) is 5.47. The highest BCUT2D eigenvalue weighted by Gasteiger charge is 2.47. The molecule has 3 aliphatic rings. The van der Waals surface area contributed by atoms with Crippen LogP contribution in [0.5, 0.6) is 0 Å². The number of ether oxygens (including phenoxy) is 1. The van der Waals surface area contributed by atoms with Gasteiger partial charge in [0.2, 0.25) is 11.8 Å². The molecule has 1 saturated carbocycles. The van der Waals surface area contributed by atoms with Crippen LogP contribution >= 0.6 is 0 Å². The van der Waals surface area contributed by atoms with Gasteiger partial charge in [0.15, 0.2) is 0 Å². The van der Waals surface area contributed by atoms with E-state index in [4.69, 9.17) is 4.74 Å². The van der Waals surface area contributed by atoms with Gasteiger partial charge in [-0.3, -0.25) is 9.59 Å². The fraction of sp³-hybridized carbons (Fsp3) is 0.579. The first-order valence-corrected chi connectivity index (χ1v) is 8.91. The van der Waals surface area contributed by atoms with Gasteiger partial charge < -0.3 is 15.0 Å². The summed E-state index contributed by atoms with van der Waals surface area (Å²) in [5.41, 5.74) is 1.03. The first-order valence-electron chi connectivity index (χ1n) is 8.91. The summed E-state index contributed by atoms with van der Waals surface area (Å²) in [5.74, 6) is 0.940. The maximum Gasteiger partial charge on any atom is 0.227 e. The Hall–Kier alpha value is -1.88. The first kappa shape index (κ1) is 15.6. The molecule has 1 N–H and O–H groups in total. The van der Waals surface area contributed by atoms with E-state index < -0.39 is 0 Å². The molecule has 0 aromatic heterocycles. The monoisotopic (exact) mass is 328 g/mol. The molecule has 3 fully saturated rings. The number of likely N-dealkylation sites (tertiary alicyclic amines) is 1. The van der Waals surface area contributed by atoms with Crippen molar-refractivity contribution < 1.29 is 14.3 Å². The maximum absolute atomic E-state index is 12.5. The van der Waals surface area contributed by atoms with Crippen molar-refractivity contribution in [1.29, 1.82) is 0 Å². The van der Waals surface area contributed by atoms with Gasteiger partial charge in [-0.1, -0.05) is 30.3 Å². The summed E-state index contributed by atoms with van der Waals surface area (Å²) in [6.45, 7) is 2.54. The zero-order valence-electron chi connectivity index (χ0n) is 13.8. The Balaban J connectivity index is 1.33. The van der Waals surface area contributed by atoms with Crippen LogP contribution in [0.15, 0.2) is 30.3 Å². The first-order chi connectivity index (χ1) is 11.7. The van der Waals surface area contributed by atoms with Crippen molar-refractivity contribution in [2.75, 3.05) is 26.2 Å². The van der Waals surface area contributed by atoms with Gasteiger partial charge in [0.05, 0.1) is 25.0 Å². The van der Waals surface area contributed by atoms with Gasteiger partial charge in [-0.15, -0.1) is 0 Å². The average molecular weight is 328 g/mol. The van der Waals surface area contributed by atoms with Crippen molar-refractivity contribution >= 4 is 11.8 Å². The molecule has 0 bridgehead atoms. The van der Waals surface area contributed by atoms with E-state index in [9.17, 15) is 9.59 Å². The number of amides is 2. The molecule has 1 aliphatic carbocycles. The number of carbonyl (C=O) groups excluding carboxylic acids is 2. The molecule has 24 heavy (non-hydrogen) atoms. The summed E-state index contributed by atoms with van der Waals surface area (Å²) in [5, 5.41) is 3.06. The lowest BCUT2D eigenvalue weighted by Crippen LogP contribution is -2.38. The van der Waals surface area contributed by atoms with Crippen LogP contribution in [0.2, 0.25) is 0 Å². The molecule has 2 saturated heterocycles. The predicted molar refractivity (Wildman–Crippen MR) is 89.2 cm³/mol. The zero-order chi connectivity index (χ0) is 16.5. The Bertz CT molecular complexity index is 614. The highest BCUT2D eigenvalue weighted by atomic mass is 16.5. The number of benzene rings is 1. The second-order valence-electron chi connectivity index (χ2n) is 7.29. The number of nitrogens with one attached hydrogen (secondary N) is 1. The van der Waals surface area contributed by atoms with Crippen LogP contribution in [0.1, 0.15) is 18.4 Å². The molecule has 4 rings (SSSR count). The standard InChI is InChI=1S/C19H24N2O3/c22-18(8-13-4-2-1-3-5-13)21-10-15-16(12-24-17(15)11-21)19(23)20-9-14-6-7-14/h1-5,14-17H,6-12H2,(H,20,23). The lowest BCUT2D eigenvalue weighted by Gasteiger charge is -2.19. The molecule has 2 heterocycles. The third kappa shape index (κ3) is 3.31. The molecule has 0 radical (unpaired) electrons. The Morgan fingerprint density at radius 3 is 2.71 bits per heavy atom. The fourth-order valence-corrected chi connectivity index (χ4v) is 3.77. The van der Waals surface area contributed by atoms with Crippen LogP contribution in [0.4, 0.5) is 0 Å². The highest BCUT2D eigenvalue weighted by Crippen LogP contribution is 2.34. The third-order valence-electron chi connectivity index (χ3n) is 5.47. The van der Waals surface area contributed by atoms with Gasteiger partial charge >= 0.3 is 0 Å². The minimum atomic E-state index is -0.108. The molecule has 2 amide bonds. The van der Waals surface area contributed by atoms with Gasteiger partial charge in [-0.2, -0.15) is 0 Å². The number of fused-ring (bicyclic) bond motifs is 1. The summed E-state index contributed by atoms with van der Waals surface area (Å²) < 4.78 is 5.81. The number of nitrogens with zero attached hydrogens (tertiary/aromatic N) is 1. The quantitative estimate of drug-likeness (QED) is 0.884. The lowest BCUT2D eigenvalue weighted by molar-refractivity contribution is -0.131. The van der Waals surface area contributed by atoms with Gasteiger partial charge in [0.25, 0.3) is 0 Å². The van der Waals surface area contributed by atoms with Gasteiger partial charge in [0, 0.05) is 25.6 Å². The van der Waals surface area contributed by atoms with E-state index >= 15 is 0 Å². The number of carbonyl (C=O) groups is 2. The lowest BCUT2D eigenvalue weighted by atomic mass is 9.92. The summed E-state index contributed by atoms with van der Waals surface area (Å²) in [7, 11) is 0. The molecule has 5 heteroatoms. The molecule has 1 aromatic rings. The van der Waals surface area contributed by atoms with Crippen molar-refractivity contribution in [3.05, 3.63) is 35.9 Å². The van der Waals surface area contributed by atoms with Crippen LogP contribution in [0.3, 0.4) is 0 Å². The minimum absolute atomic E-state index is 0.0152. The summed E-state index contributed by atoms with van der Waals surface area (Å²) >= 11 is 0. The summed E-state index contributed by atoms with van der Waals surface area (Å²) in [6.07, 6.45) is 2.89. The van der Waals surface area contributed by atoms with Crippen molar-refractivity contribution in [1.82, 2.24) is 10.2 Å². The molecule has 1 aromatic carbocycles. The molecule has 2 aliphatic heterocycles. The fourth-order valence-electron chi connectivity index (χ4n) is 3.77. The normalized spacial score (nSPS) is 28.7. The second-order valence-corrected chi connectivity index (χ2v) is 7.29. The van der Waals surface area contributed by atoms with Crippen LogP contribution in [0, 0.1) is 17.8 Å². The van der Waals surface area contributed by atoms with Crippen molar-refractivity contribution in [3.63, 3.8) is 0 Å². The van der Waals surface area contributed by atoms with Gasteiger partial charge in [-0.25, -0.2) is 0 Å². The van der Waals surface area contributed by atoms with Crippen molar-refractivity contribution in [2.45, 2.75) is 25.4 Å². The summed E-state index contributed by atoms with van der Waals surface area (Å²) in [4.78, 5) is 26.8. The topological polar surface area (TPSA) is 58.6 Å². The zero-order valence-corrected chi connectivity index (χ0v) is 13.8.